The van der Waals surface area contributed by atoms with Gasteiger partial charge >= 0.3 is 0 Å². The highest BCUT2D eigenvalue weighted by molar-refractivity contribution is 6.00. The first-order valence-electron chi connectivity index (χ1n) is 23.5. The quantitative estimate of drug-likeness (QED) is 0.115. The zero-order valence-electron chi connectivity index (χ0n) is 41.9. The van der Waals surface area contributed by atoms with Crippen molar-refractivity contribution in [1.29, 1.82) is 0 Å². The van der Waals surface area contributed by atoms with Crippen LogP contribution >= 0.6 is 0 Å². The van der Waals surface area contributed by atoms with E-state index in [0.29, 0.717) is 5.70 Å². The number of halogens is 2. The number of furan rings is 2. The second kappa shape index (κ2) is 24.4. The molecule has 0 atom stereocenters. The van der Waals surface area contributed by atoms with Crippen LogP contribution < -0.4 is 9.80 Å². The van der Waals surface area contributed by atoms with Crippen LogP contribution in [0.5, 0.6) is 0 Å². The minimum absolute atomic E-state index is 0.289. The van der Waals surface area contributed by atoms with Gasteiger partial charge in [0.15, 0.2) is 11.2 Å². The van der Waals surface area contributed by atoms with Crippen LogP contribution in [0.2, 0.25) is 0 Å². The molecule has 69 heavy (non-hydrogen) atoms. The van der Waals surface area contributed by atoms with E-state index >= 15 is 0 Å². The van der Waals surface area contributed by atoms with Crippen molar-refractivity contribution in [2.75, 3.05) is 16.8 Å². The lowest BCUT2D eigenvalue weighted by atomic mass is 9.96. The molecule has 0 N–H and O–H groups in total. The molecule has 8 rings (SSSR count). The summed E-state index contributed by atoms with van der Waals surface area (Å²) >= 11 is 0. The van der Waals surface area contributed by atoms with E-state index in [1.54, 1.807) is 24.3 Å². The number of anilines is 4. The largest absolute Gasteiger partial charge is 0.454 e. The summed E-state index contributed by atoms with van der Waals surface area (Å²) in [6.45, 7) is 35.4. The molecule has 2 aliphatic carbocycles. The van der Waals surface area contributed by atoms with Gasteiger partial charge in [-0.25, -0.2) is 8.78 Å². The number of para-hydroxylation sites is 2. The Hall–Kier alpha value is -7.70. The number of fused-ring (bicyclic) bond motifs is 6. The summed E-state index contributed by atoms with van der Waals surface area (Å²) in [6.07, 6.45) is 27.0. The maximum absolute atomic E-state index is 14.1. The minimum atomic E-state index is -0.500. The molecule has 0 amide bonds. The summed E-state index contributed by atoms with van der Waals surface area (Å²) in [7, 11) is 1.89. The van der Waals surface area contributed by atoms with Gasteiger partial charge in [-0.2, -0.15) is 0 Å². The third-order valence-corrected chi connectivity index (χ3v) is 11.5. The minimum Gasteiger partial charge on any atom is -0.454 e. The van der Waals surface area contributed by atoms with Crippen molar-refractivity contribution < 1.29 is 17.6 Å². The molecule has 0 saturated heterocycles. The third-order valence-electron chi connectivity index (χ3n) is 11.5. The maximum Gasteiger partial charge on any atom is 0.159 e. The monoisotopic (exact) mass is 921 g/mol. The second-order valence-corrected chi connectivity index (χ2v) is 16.2. The summed E-state index contributed by atoms with van der Waals surface area (Å²) in [5.41, 5.74) is 15.3. The molecule has 0 saturated carbocycles. The van der Waals surface area contributed by atoms with Crippen molar-refractivity contribution >= 4 is 68.0 Å². The SMILES string of the molecule is C=C(F)/C=C\C(=C)N(C)c1cccc2c3c(oc12)C(C)=CC=CC3.C=CC(=C)/C=C\c1c(N(c2ccc(F)cc2)c2cccc3c4c(oc23)C(C)=CC=CC4)ccc(/C=C\C(=C)C)c1C.CC.CC. The third kappa shape index (κ3) is 12.1. The normalized spacial score (nSPS) is 12.6. The molecule has 2 aliphatic rings. The van der Waals surface area contributed by atoms with Crippen LogP contribution in [-0.2, 0) is 12.8 Å². The molecular weight excluding hydrogens is 855 g/mol. The molecule has 0 radical (unpaired) electrons. The van der Waals surface area contributed by atoms with E-state index < -0.39 is 5.83 Å². The van der Waals surface area contributed by atoms with Gasteiger partial charge in [-0.15, -0.1) is 0 Å². The molecule has 0 fully saturated rings. The Labute approximate surface area is 409 Å². The zero-order valence-corrected chi connectivity index (χ0v) is 41.9. The van der Waals surface area contributed by atoms with E-state index in [4.69, 9.17) is 8.83 Å². The van der Waals surface area contributed by atoms with Crippen LogP contribution in [0.25, 0.3) is 45.2 Å². The Balaban J connectivity index is 0.000000269. The Morgan fingerprint density at radius 3 is 1.74 bits per heavy atom. The molecule has 0 bridgehead atoms. The first-order chi connectivity index (χ1) is 33.3. The van der Waals surface area contributed by atoms with Gasteiger partial charge < -0.3 is 18.6 Å². The predicted molar refractivity (Wildman–Crippen MR) is 297 cm³/mol. The van der Waals surface area contributed by atoms with Crippen LogP contribution in [0.15, 0.2) is 204 Å². The lowest BCUT2D eigenvalue weighted by molar-refractivity contribution is 0.595. The number of benzene rings is 4. The maximum atomic E-state index is 14.1. The highest BCUT2D eigenvalue weighted by atomic mass is 19.1. The second-order valence-electron chi connectivity index (χ2n) is 16.2. The topological polar surface area (TPSA) is 32.8 Å². The summed E-state index contributed by atoms with van der Waals surface area (Å²) in [4.78, 5) is 4.04. The smallest absolute Gasteiger partial charge is 0.159 e. The van der Waals surface area contributed by atoms with Crippen LogP contribution in [0.1, 0.15) is 87.8 Å². The van der Waals surface area contributed by atoms with Gasteiger partial charge in [0.2, 0.25) is 0 Å². The first-order valence-corrected chi connectivity index (χ1v) is 23.5. The zero-order chi connectivity index (χ0) is 50.4. The molecule has 4 aromatic carbocycles. The van der Waals surface area contributed by atoms with E-state index in [1.807, 2.05) is 70.9 Å². The van der Waals surface area contributed by atoms with Gasteiger partial charge in [-0.1, -0.05) is 163 Å². The van der Waals surface area contributed by atoms with Gasteiger partial charge in [0.05, 0.1) is 17.1 Å². The van der Waals surface area contributed by atoms with Gasteiger partial charge in [-0.05, 0) is 123 Å². The van der Waals surface area contributed by atoms with Crippen LogP contribution in [0.3, 0.4) is 0 Å². The molecule has 0 unspecified atom stereocenters. The highest BCUT2D eigenvalue weighted by Crippen LogP contribution is 2.45. The summed E-state index contributed by atoms with van der Waals surface area (Å²) in [5, 5.41) is 2.17. The van der Waals surface area contributed by atoms with E-state index in [9.17, 15) is 8.78 Å². The summed E-state index contributed by atoms with van der Waals surface area (Å²) in [5.74, 6) is 1.03. The van der Waals surface area contributed by atoms with Crippen molar-refractivity contribution in [3.8, 4) is 0 Å². The molecule has 2 aromatic heterocycles. The number of rotatable bonds is 12. The van der Waals surface area contributed by atoms with Crippen LogP contribution in [0.4, 0.5) is 31.5 Å². The molecular formula is C63H66F2N2O2. The highest BCUT2D eigenvalue weighted by Gasteiger charge is 2.25. The molecule has 6 aromatic rings. The molecule has 2 heterocycles. The standard InChI is InChI=1S/C38H34FNO.C21H20FNO.2C2H6/c1-7-26(4)16-23-32-28(6)29(17-15-25(2)3)18-24-35(32)40(31-21-19-30(39)20-22-31)36-14-10-13-34-33-12-9-8-11-27(5)37(33)41-38(34)36;1-14-8-5-6-9-17-18-10-7-11-19(21(18)24-20(14)17)23(4)16(3)13-12-15(2)22;2*1-2/h7-11,13-24H,1-2,4,12H2,3,5-6H3;5-8,10-13H,2-3,9H2,1,4H3;2*1-2H3/b17-15-,23-16-;13-12-;;. The van der Waals surface area contributed by atoms with Gasteiger partial charge in [0, 0.05) is 45.9 Å². The van der Waals surface area contributed by atoms with E-state index in [1.165, 1.54) is 29.3 Å². The fraction of sp³-hybridized carbons (Fsp3) is 0.175. The number of hydrogen-bond acceptors (Lipinski definition) is 4. The lowest BCUT2D eigenvalue weighted by Gasteiger charge is -2.28. The van der Waals surface area contributed by atoms with E-state index in [0.717, 1.165) is 108 Å². The summed E-state index contributed by atoms with van der Waals surface area (Å²) in [6, 6.07) is 23.1. The number of nitrogens with zero attached hydrogens (tertiary/aromatic N) is 2. The Morgan fingerprint density at radius 2 is 1.20 bits per heavy atom. The molecule has 4 nitrogen and oxygen atoms in total. The van der Waals surface area contributed by atoms with Crippen LogP contribution in [0, 0.1) is 12.7 Å². The molecule has 354 valence electrons. The van der Waals surface area contributed by atoms with Gasteiger partial charge in [-0.3, -0.25) is 0 Å². The van der Waals surface area contributed by atoms with Crippen molar-refractivity contribution in [2.45, 2.75) is 68.2 Å². The van der Waals surface area contributed by atoms with Crippen molar-refractivity contribution in [1.82, 2.24) is 0 Å². The summed E-state index contributed by atoms with van der Waals surface area (Å²) < 4.78 is 39.8. The molecule has 0 aliphatic heterocycles. The Bertz CT molecular complexity index is 3100. The Morgan fingerprint density at radius 1 is 0.652 bits per heavy atom. The van der Waals surface area contributed by atoms with Gasteiger partial charge in [0.25, 0.3) is 0 Å². The average molecular weight is 921 g/mol. The average Bonchev–Trinajstić information content (AvgIpc) is 3.80. The fourth-order valence-corrected chi connectivity index (χ4v) is 8.00. The van der Waals surface area contributed by atoms with Crippen molar-refractivity contribution in [2.24, 2.45) is 0 Å². The predicted octanol–water partition coefficient (Wildman–Crippen LogP) is 19.2. The lowest BCUT2D eigenvalue weighted by Crippen LogP contribution is -2.14. The van der Waals surface area contributed by atoms with Crippen molar-refractivity contribution in [3.63, 3.8) is 0 Å². The van der Waals surface area contributed by atoms with Crippen LogP contribution in [-0.4, -0.2) is 7.05 Å². The Kier molecular flexibility index (Phi) is 18.5. The molecule has 6 heteroatoms. The number of allylic oxidation sites excluding steroid dienone is 16. The fourth-order valence-electron chi connectivity index (χ4n) is 8.00. The van der Waals surface area contributed by atoms with Gasteiger partial charge in [0.1, 0.15) is 23.2 Å². The number of hydrogen-bond donors (Lipinski definition) is 0. The van der Waals surface area contributed by atoms with E-state index in [2.05, 4.69) is 144 Å². The van der Waals surface area contributed by atoms with E-state index in [-0.39, 0.29) is 5.82 Å². The van der Waals surface area contributed by atoms with Crippen molar-refractivity contribution in [3.05, 3.63) is 240 Å². The molecule has 0 spiro atoms. The first kappa shape index (κ1) is 52.3. The number of likely N-dealkylation sites (N-methyl/N-ethyl adjacent to an activating group) is 1.